The maximum Gasteiger partial charge on any atom is 0.251 e. The van der Waals surface area contributed by atoms with Gasteiger partial charge in [-0.3, -0.25) is 19.3 Å². The van der Waals surface area contributed by atoms with Crippen molar-refractivity contribution in [1.29, 1.82) is 0 Å². The van der Waals surface area contributed by atoms with Gasteiger partial charge in [0.2, 0.25) is 5.91 Å². The van der Waals surface area contributed by atoms with E-state index in [9.17, 15) is 14.4 Å². The molecule has 4 atom stereocenters. The van der Waals surface area contributed by atoms with E-state index >= 15 is 0 Å². The molecule has 3 aromatic carbocycles. The van der Waals surface area contributed by atoms with Crippen LogP contribution < -0.4 is 15.4 Å². The van der Waals surface area contributed by atoms with Crippen LogP contribution in [0.25, 0.3) is 0 Å². The second-order valence-corrected chi connectivity index (χ2v) is 11.7. The van der Waals surface area contributed by atoms with Gasteiger partial charge < -0.3 is 15.4 Å². The number of anilines is 2. The zero-order valence-corrected chi connectivity index (χ0v) is 23.2. The lowest BCUT2D eigenvalue weighted by molar-refractivity contribution is -0.137. The van der Waals surface area contributed by atoms with Gasteiger partial charge in [0.15, 0.2) is 5.78 Å². The van der Waals surface area contributed by atoms with Crippen LogP contribution >= 0.6 is 11.6 Å². The lowest BCUT2D eigenvalue weighted by Gasteiger charge is -2.43. The van der Waals surface area contributed by atoms with Crippen LogP contribution in [0.3, 0.4) is 0 Å². The highest BCUT2D eigenvalue weighted by molar-refractivity contribution is 6.35. The summed E-state index contributed by atoms with van der Waals surface area (Å²) < 4.78 is 5.85. The minimum atomic E-state index is -1.50. The number of hydrogen-bond donors (Lipinski definition) is 2. The van der Waals surface area contributed by atoms with Gasteiger partial charge >= 0.3 is 0 Å². The smallest absolute Gasteiger partial charge is 0.251 e. The van der Waals surface area contributed by atoms with Gasteiger partial charge in [0, 0.05) is 22.9 Å². The number of ether oxygens (including phenoxy) is 1. The summed E-state index contributed by atoms with van der Waals surface area (Å²) in [6.45, 7) is 5.08. The van der Waals surface area contributed by atoms with Crippen LogP contribution in [0, 0.1) is 12.8 Å². The Morgan fingerprint density at radius 1 is 1.05 bits per heavy atom. The van der Waals surface area contributed by atoms with Crippen molar-refractivity contribution in [3.63, 3.8) is 0 Å². The van der Waals surface area contributed by atoms with Crippen LogP contribution in [0.15, 0.2) is 60.7 Å². The highest BCUT2D eigenvalue weighted by Gasteiger charge is 2.81. The lowest BCUT2D eigenvalue weighted by Crippen LogP contribution is -2.62. The first-order valence-electron chi connectivity index (χ1n) is 13.9. The number of nitrogens with zero attached hydrogens (tertiary/aromatic N) is 1. The topological polar surface area (TPSA) is 87.7 Å². The molecular weight excluding hydrogens is 526 g/mol. The molecule has 3 aromatic rings. The van der Waals surface area contributed by atoms with E-state index in [0.717, 1.165) is 18.4 Å². The molecule has 0 aromatic heterocycles. The van der Waals surface area contributed by atoms with E-state index in [1.54, 1.807) is 12.1 Å². The highest BCUT2D eigenvalue weighted by atomic mass is 35.5. The fourth-order valence-electron chi connectivity index (χ4n) is 7.91. The molecular formula is C32H30ClN3O4. The van der Waals surface area contributed by atoms with Crippen LogP contribution in [-0.4, -0.2) is 41.7 Å². The fraction of sp³-hybridized carbons (Fsp3) is 0.344. The third-order valence-electron chi connectivity index (χ3n) is 9.18. The first-order valence-corrected chi connectivity index (χ1v) is 14.3. The molecule has 8 heteroatoms. The number of nitrogens with one attached hydrogen (secondary N) is 2. The van der Waals surface area contributed by atoms with E-state index in [1.807, 2.05) is 62.4 Å². The Morgan fingerprint density at radius 3 is 2.70 bits per heavy atom. The van der Waals surface area contributed by atoms with E-state index in [2.05, 4.69) is 15.5 Å². The van der Waals surface area contributed by atoms with Crippen molar-refractivity contribution in [2.75, 3.05) is 23.8 Å². The molecule has 4 heterocycles. The number of ketones is 1. The van der Waals surface area contributed by atoms with E-state index in [0.29, 0.717) is 58.4 Å². The number of para-hydroxylation sites is 1. The first kappa shape index (κ1) is 25.3. The Balaban J connectivity index is 1.53. The first-order chi connectivity index (χ1) is 19.3. The second-order valence-electron chi connectivity index (χ2n) is 11.3. The number of rotatable bonds is 5. The molecule has 204 valence electrons. The molecule has 2 amide bonds. The summed E-state index contributed by atoms with van der Waals surface area (Å²) in [6.07, 6.45) is 2.36. The maximum atomic E-state index is 14.8. The van der Waals surface area contributed by atoms with E-state index in [4.69, 9.17) is 16.3 Å². The van der Waals surface area contributed by atoms with Crippen molar-refractivity contribution in [1.82, 2.24) is 4.90 Å². The molecule has 4 aliphatic heterocycles. The summed E-state index contributed by atoms with van der Waals surface area (Å²) in [6, 6.07) is 18.1. The van der Waals surface area contributed by atoms with Crippen LogP contribution in [0.4, 0.5) is 11.4 Å². The van der Waals surface area contributed by atoms with Gasteiger partial charge in [0.1, 0.15) is 16.7 Å². The number of fused-ring (bicyclic) bond motifs is 7. The van der Waals surface area contributed by atoms with Crippen molar-refractivity contribution in [2.24, 2.45) is 5.92 Å². The number of amides is 2. The zero-order valence-electron chi connectivity index (χ0n) is 22.4. The van der Waals surface area contributed by atoms with Gasteiger partial charge in [-0.05, 0) is 68.1 Å². The molecule has 2 N–H and O–H groups in total. The van der Waals surface area contributed by atoms with Gasteiger partial charge in [-0.15, -0.1) is 0 Å². The average Bonchev–Trinajstić information content (AvgIpc) is 3.66. The van der Waals surface area contributed by atoms with Gasteiger partial charge in [-0.25, -0.2) is 0 Å². The maximum absolute atomic E-state index is 14.8. The van der Waals surface area contributed by atoms with Crippen molar-refractivity contribution in [3.8, 4) is 5.75 Å². The summed E-state index contributed by atoms with van der Waals surface area (Å²) >= 11 is 6.72. The summed E-state index contributed by atoms with van der Waals surface area (Å²) in [5, 5.41) is 6.54. The molecule has 0 bridgehead atoms. The summed E-state index contributed by atoms with van der Waals surface area (Å²) in [5.74, 6) is -1.01. The number of carbonyl (C=O) groups is 3. The quantitative estimate of drug-likeness (QED) is 0.409. The molecule has 0 saturated carbocycles. The second kappa shape index (κ2) is 8.91. The third-order valence-corrected chi connectivity index (χ3v) is 9.47. The minimum absolute atomic E-state index is 0.164. The summed E-state index contributed by atoms with van der Waals surface area (Å²) in [5.41, 5.74) is 0.898. The van der Waals surface area contributed by atoms with Crippen LogP contribution in [0.1, 0.15) is 53.2 Å². The SMILES string of the molecule is CCCOc1cccc(C(=O)[C@@H]2[C@@H]3CCCN3[C@@]3(C(=O)Nc4c(Cl)cc(C)cc43)[C@@]23C(=O)Nc2ccccc23)c1. The minimum Gasteiger partial charge on any atom is -0.494 e. The highest BCUT2D eigenvalue weighted by Crippen LogP contribution is 2.68. The van der Waals surface area contributed by atoms with Crippen LogP contribution in [0.5, 0.6) is 5.75 Å². The van der Waals surface area contributed by atoms with Crippen molar-refractivity contribution in [2.45, 2.75) is 50.1 Å². The molecule has 0 radical (unpaired) electrons. The average molecular weight is 556 g/mol. The van der Waals surface area contributed by atoms with Gasteiger partial charge in [-0.1, -0.05) is 54.9 Å². The van der Waals surface area contributed by atoms with Crippen molar-refractivity contribution in [3.05, 3.63) is 87.9 Å². The molecule has 0 unspecified atom stereocenters. The van der Waals surface area contributed by atoms with Gasteiger partial charge in [-0.2, -0.15) is 0 Å². The number of hydrogen-bond acceptors (Lipinski definition) is 5. The lowest BCUT2D eigenvalue weighted by atomic mass is 9.57. The largest absolute Gasteiger partial charge is 0.494 e. The number of carbonyl (C=O) groups excluding carboxylic acids is 3. The Hall–Kier alpha value is -3.68. The molecule has 40 heavy (non-hydrogen) atoms. The molecule has 4 aliphatic rings. The Morgan fingerprint density at radius 2 is 1.88 bits per heavy atom. The molecule has 2 saturated heterocycles. The number of benzene rings is 3. The summed E-state index contributed by atoms with van der Waals surface area (Å²) in [4.78, 5) is 46.1. The molecule has 7 nitrogen and oxygen atoms in total. The molecule has 2 fully saturated rings. The predicted molar refractivity (Wildman–Crippen MR) is 153 cm³/mol. The van der Waals surface area contributed by atoms with Crippen molar-refractivity contribution < 1.29 is 19.1 Å². The third kappa shape index (κ3) is 3.02. The van der Waals surface area contributed by atoms with Gasteiger partial charge in [0.05, 0.1) is 23.2 Å². The van der Waals surface area contributed by atoms with Gasteiger partial charge in [0.25, 0.3) is 5.91 Å². The van der Waals surface area contributed by atoms with E-state index in [-0.39, 0.29) is 23.6 Å². The van der Waals surface area contributed by atoms with Crippen LogP contribution in [-0.2, 0) is 20.5 Å². The van der Waals surface area contributed by atoms with Crippen LogP contribution in [0.2, 0.25) is 5.02 Å². The number of halogens is 1. The number of aryl methyl sites for hydroxylation is 1. The normalized spacial score (nSPS) is 28.0. The predicted octanol–water partition coefficient (Wildman–Crippen LogP) is 5.45. The monoisotopic (exact) mass is 555 g/mol. The van der Waals surface area contributed by atoms with E-state index in [1.165, 1.54) is 0 Å². The Bertz CT molecular complexity index is 1600. The molecule has 7 rings (SSSR count). The molecule has 0 aliphatic carbocycles. The zero-order chi connectivity index (χ0) is 27.8. The number of Topliss-reactive ketones (excluding diaryl/α,β-unsaturated/α-hetero) is 1. The molecule has 2 spiro atoms. The van der Waals surface area contributed by atoms with E-state index < -0.39 is 16.9 Å². The Kier molecular flexibility index (Phi) is 5.64. The van der Waals surface area contributed by atoms with Crippen molar-refractivity contribution >= 4 is 40.6 Å². The Labute approximate surface area is 237 Å². The standard InChI is InChI=1S/C32H30ClN3O4/c1-3-14-40-20-9-6-8-19(17-20)28(37)26-25-12-7-13-36(25)32(22-15-18(2)16-23(33)27(22)35-30(32)39)31(26)21-10-4-5-11-24(21)34-29(31)38/h4-6,8-11,15-17,25-26H,3,7,12-14H2,1-2H3,(H,34,38)(H,35,39)/t25-,26-,31+,32-/m0/s1. The fourth-order valence-corrected chi connectivity index (χ4v) is 8.23. The summed E-state index contributed by atoms with van der Waals surface area (Å²) in [7, 11) is 0.